The molecular formula is C11H11BrN4O. The van der Waals surface area contributed by atoms with Gasteiger partial charge in [-0.1, -0.05) is 15.9 Å². The quantitative estimate of drug-likeness (QED) is 0.888. The Hall–Kier alpha value is -1.82. The molecule has 0 atom stereocenters. The summed E-state index contributed by atoms with van der Waals surface area (Å²) in [6.07, 6.45) is 0. The molecule has 0 saturated carbocycles. The third-order valence-electron chi connectivity index (χ3n) is 2.09. The Labute approximate surface area is 107 Å². The molecule has 0 radical (unpaired) electrons. The van der Waals surface area contributed by atoms with E-state index in [1.807, 2.05) is 25.1 Å². The molecule has 5 nitrogen and oxygen atoms in total. The van der Waals surface area contributed by atoms with Gasteiger partial charge in [-0.3, -0.25) is 0 Å². The molecule has 0 aliphatic rings. The third kappa shape index (κ3) is 2.85. The molecule has 4 N–H and O–H groups in total. The summed E-state index contributed by atoms with van der Waals surface area (Å²) in [5.74, 6) is 1.41. The Kier molecular flexibility index (Phi) is 3.14. The van der Waals surface area contributed by atoms with Crippen LogP contribution in [0.1, 0.15) is 5.56 Å². The normalized spacial score (nSPS) is 10.2. The molecule has 17 heavy (non-hydrogen) atoms. The van der Waals surface area contributed by atoms with Crippen LogP contribution >= 0.6 is 15.9 Å². The van der Waals surface area contributed by atoms with Gasteiger partial charge in [0.05, 0.1) is 0 Å². The van der Waals surface area contributed by atoms with Gasteiger partial charge in [-0.25, -0.2) is 0 Å². The number of nitrogens with two attached hydrogens (primary N) is 2. The van der Waals surface area contributed by atoms with E-state index in [-0.39, 0.29) is 11.8 Å². The summed E-state index contributed by atoms with van der Waals surface area (Å²) in [4.78, 5) is 7.71. The third-order valence-corrected chi connectivity index (χ3v) is 2.58. The zero-order valence-corrected chi connectivity index (χ0v) is 10.7. The lowest BCUT2D eigenvalue weighted by Crippen LogP contribution is -2.01. The summed E-state index contributed by atoms with van der Waals surface area (Å²) >= 11 is 3.38. The number of anilines is 2. The molecule has 0 saturated heterocycles. The monoisotopic (exact) mass is 294 g/mol. The largest absolute Gasteiger partial charge is 0.439 e. The minimum absolute atomic E-state index is 0.0924. The standard InChI is InChI=1S/C11H11BrN4O/c1-6-4-7(12)2-3-8(6)17-10-5-9(13)15-11(14)16-10/h2-5H,1H3,(H4,13,14,15,16). The number of aromatic nitrogens is 2. The van der Waals surface area contributed by atoms with Crippen LogP contribution in [-0.4, -0.2) is 9.97 Å². The first-order chi connectivity index (χ1) is 8.04. The summed E-state index contributed by atoms with van der Waals surface area (Å²) in [6.45, 7) is 1.94. The highest BCUT2D eigenvalue weighted by Gasteiger charge is 2.05. The van der Waals surface area contributed by atoms with Gasteiger partial charge in [0.15, 0.2) is 0 Å². The number of nitrogen functional groups attached to an aromatic ring is 2. The second kappa shape index (κ2) is 4.58. The topological polar surface area (TPSA) is 87.0 Å². The van der Waals surface area contributed by atoms with E-state index in [0.29, 0.717) is 11.6 Å². The highest BCUT2D eigenvalue weighted by molar-refractivity contribution is 9.10. The van der Waals surface area contributed by atoms with Crippen molar-refractivity contribution in [1.82, 2.24) is 9.97 Å². The average molecular weight is 295 g/mol. The molecule has 0 fully saturated rings. The molecule has 0 spiro atoms. The molecule has 1 aromatic carbocycles. The van der Waals surface area contributed by atoms with Crippen molar-refractivity contribution in [1.29, 1.82) is 0 Å². The number of nitrogens with zero attached hydrogens (tertiary/aromatic N) is 2. The zero-order valence-electron chi connectivity index (χ0n) is 9.14. The Morgan fingerprint density at radius 3 is 2.59 bits per heavy atom. The van der Waals surface area contributed by atoms with Crippen molar-refractivity contribution in [3.63, 3.8) is 0 Å². The number of aryl methyl sites for hydroxylation is 1. The van der Waals surface area contributed by atoms with Crippen LogP contribution in [-0.2, 0) is 0 Å². The average Bonchev–Trinajstić information content (AvgIpc) is 2.21. The lowest BCUT2D eigenvalue weighted by molar-refractivity contribution is 0.459. The van der Waals surface area contributed by atoms with E-state index in [0.717, 1.165) is 10.0 Å². The first-order valence-corrected chi connectivity index (χ1v) is 5.68. The highest BCUT2D eigenvalue weighted by atomic mass is 79.9. The van der Waals surface area contributed by atoms with Crippen molar-refractivity contribution in [3.05, 3.63) is 34.3 Å². The van der Waals surface area contributed by atoms with Crippen LogP contribution in [0.3, 0.4) is 0 Å². The summed E-state index contributed by atoms with van der Waals surface area (Å²) < 4.78 is 6.58. The fourth-order valence-electron chi connectivity index (χ4n) is 1.35. The first-order valence-electron chi connectivity index (χ1n) is 4.88. The van der Waals surface area contributed by atoms with Gasteiger partial charge >= 0.3 is 0 Å². The summed E-state index contributed by atoms with van der Waals surface area (Å²) in [5.41, 5.74) is 12.0. The van der Waals surface area contributed by atoms with E-state index in [4.69, 9.17) is 16.2 Å². The Morgan fingerprint density at radius 1 is 1.18 bits per heavy atom. The van der Waals surface area contributed by atoms with Gasteiger partial charge < -0.3 is 16.2 Å². The molecule has 0 bridgehead atoms. The number of halogens is 1. The van der Waals surface area contributed by atoms with Gasteiger partial charge in [0.25, 0.3) is 0 Å². The van der Waals surface area contributed by atoms with Crippen molar-refractivity contribution in [2.75, 3.05) is 11.5 Å². The van der Waals surface area contributed by atoms with Gasteiger partial charge in [0.1, 0.15) is 11.6 Å². The van der Waals surface area contributed by atoms with Gasteiger partial charge in [0.2, 0.25) is 11.8 Å². The number of hydrogen-bond acceptors (Lipinski definition) is 5. The van der Waals surface area contributed by atoms with Crippen molar-refractivity contribution >= 4 is 27.7 Å². The minimum atomic E-state index is 0.0924. The molecular weight excluding hydrogens is 284 g/mol. The Bertz CT molecular complexity index is 539. The van der Waals surface area contributed by atoms with Crippen LogP contribution in [0.15, 0.2) is 28.7 Å². The van der Waals surface area contributed by atoms with E-state index >= 15 is 0 Å². The number of hydrogen-bond donors (Lipinski definition) is 2. The summed E-state index contributed by atoms with van der Waals surface area (Å²) in [7, 11) is 0. The highest BCUT2D eigenvalue weighted by Crippen LogP contribution is 2.27. The fourth-order valence-corrected chi connectivity index (χ4v) is 1.83. The molecule has 1 heterocycles. The van der Waals surface area contributed by atoms with Crippen LogP contribution in [0.5, 0.6) is 11.6 Å². The van der Waals surface area contributed by atoms with Gasteiger partial charge in [-0.15, -0.1) is 0 Å². The first kappa shape index (κ1) is 11.7. The predicted molar refractivity (Wildman–Crippen MR) is 69.8 cm³/mol. The maximum atomic E-state index is 5.59. The molecule has 0 aliphatic heterocycles. The van der Waals surface area contributed by atoms with E-state index in [9.17, 15) is 0 Å². The Morgan fingerprint density at radius 2 is 1.94 bits per heavy atom. The van der Waals surface area contributed by atoms with Crippen molar-refractivity contribution in [2.24, 2.45) is 0 Å². The molecule has 1 aromatic heterocycles. The maximum absolute atomic E-state index is 5.59. The smallest absolute Gasteiger partial charge is 0.226 e. The van der Waals surface area contributed by atoms with Crippen LogP contribution in [0.25, 0.3) is 0 Å². The van der Waals surface area contributed by atoms with E-state index in [2.05, 4.69) is 25.9 Å². The van der Waals surface area contributed by atoms with Crippen LogP contribution in [0, 0.1) is 6.92 Å². The van der Waals surface area contributed by atoms with Crippen molar-refractivity contribution in [2.45, 2.75) is 6.92 Å². The molecule has 0 amide bonds. The SMILES string of the molecule is Cc1cc(Br)ccc1Oc1cc(N)nc(N)n1. The number of benzene rings is 1. The molecule has 0 aliphatic carbocycles. The van der Waals surface area contributed by atoms with Crippen LogP contribution < -0.4 is 16.2 Å². The fraction of sp³-hybridized carbons (Fsp3) is 0.0909. The second-order valence-electron chi connectivity index (χ2n) is 3.50. The molecule has 0 unspecified atom stereocenters. The predicted octanol–water partition coefficient (Wildman–Crippen LogP) is 2.50. The molecule has 6 heteroatoms. The summed E-state index contributed by atoms with van der Waals surface area (Å²) in [5, 5.41) is 0. The van der Waals surface area contributed by atoms with Gasteiger partial charge in [-0.05, 0) is 30.7 Å². The minimum Gasteiger partial charge on any atom is -0.439 e. The zero-order chi connectivity index (χ0) is 12.4. The van der Waals surface area contributed by atoms with Crippen LogP contribution in [0.4, 0.5) is 11.8 Å². The van der Waals surface area contributed by atoms with Gasteiger partial charge in [0, 0.05) is 10.5 Å². The second-order valence-corrected chi connectivity index (χ2v) is 4.42. The lowest BCUT2D eigenvalue weighted by Gasteiger charge is -2.08. The van der Waals surface area contributed by atoms with Crippen molar-refractivity contribution in [3.8, 4) is 11.6 Å². The molecule has 88 valence electrons. The van der Waals surface area contributed by atoms with Crippen LogP contribution in [0.2, 0.25) is 0 Å². The Balaban J connectivity index is 2.31. The number of rotatable bonds is 2. The maximum Gasteiger partial charge on any atom is 0.226 e. The van der Waals surface area contributed by atoms with E-state index in [1.165, 1.54) is 6.07 Å². The van der Waals surface area contributed by atoms with Gasteiger partial charge in [-0.2, -0.15) is 9.97 Å². The lowest BCUT2D eigenvalue weighted by atomic mass is 10.2. The van der Waals surface area contributed by atoms with E-state index < -0.39 is 0 Å². The molecule has 2 rings (SSSR count). The summed E-state index contributed by atoms with van der Waals surface area (Å²) in [6, 6.07) is 7.20. The van der Waals surface area contributed by atoms with Crippen molar-refractivity contribution < 1.29 is 4.74 Å². The number of ether oxygens (including phenoxy) is 1. The molecule has 2 aromatic rings. The van der Waals surface area contributed by atoms with E-state index in [1.54, 1.807) is 0 Å².